The number of carbonyl (C=O) groups is 2. The summed E-state index contributed by atoms with van der Waals surface area (Å²) in [5.74, 6) is -0.825. The summed E-state index contributed by atoms with van der Waals surface area (Å²) in [6, 6.07) is 7.62. The highest BCUT2D eigenvalue weighted by Gasteiger charge is 2.67. The van der Waals surface area contributed by atoms with E-state index < -0.39 is 16.8 Å². The zero-order valence-corrected chi connectivity index (χ0v) is 14.9. The van der Waals surface area contributed by atoms with Crippen molar-refractivity contribution in [2.45, 2.75) is 38.7 Å². The molecule has 2 aromatic rings. The molecule has 7 heteroatoms. The Hall–Kier alpha value is -2.67. The number of aromatic amines is 1. The number of ether oxygens (including phenoxy) is 1. The van der Waals surface area contributed by atoms with E-state index in [9.17, 15) is 14.7 Å². The standard InChI is InChI=1S/C20H21N3O4/c24-17(19-6-7-20(10-19,11-19)18(25)26)21-13-3-1-12(2-4-13)16-14-9-27-8-5-15(14)22-23-16/h1-4H,5-11H2,(H,21,24)(H,22,23)(H,25,26). The first-order valence-electron chi connectivity index (χ1n) is 9.31. The van der Waals surface area contributed by atoms with Crippen LogP contribution in [0.15, 0.2) is 24.3 Å². The van der Waals surface area contributed by atoms with E-state index >= 15 is 0 Å². The number of carboxylic acid groups (broad SMARTS) is 1. The molecule has 2 heterocycles. The number of nitrogens with zero attached hydrogens (tertiary/aromatic N) is 1. The van der Waals surface area contributed by atoms with Gasteiger partial charge >= 0.3 is 5.97 Å². The molecule has 3 N–H and O–H groups in total. The predicted octanol–water partition coefficient (Wildman–Crippen LogP) is 2.73. The number of benzene rings is 1. The number of aromatic nitrogens is 2. The van der Waals surface area contributed by atoms with Crippen LogP contribution in [0.25, 0.3) is 11.3 Å². The van der Waals surface area contributed by atoms with Gasteiger partial charge in [0.1, 0.15) is 0 Å². The summed E-state index contributed by atoms with van der Waals surface area (Å²) in [6.45, 7) is 1.28. The van der Waals surface area contributed by atoms with Gasteiger partial charge in [0, 0.05) is 28.9 Å². The monoisotopic (exact) mass is 367 g/mol. The molecule has 1 aromatic heterocycles. The van der Waals surface area contributed by atoms with Gasteiger partial charge in [-0.15, -0.1) is 0 Å². The molecule has 1 aromatic carbocycles. The maximum Gasteiger partial charge on any atom is 0.309 e. The number of aliphatic carboxylic acids is 1. The zero-order valence-electron chi connectivity index (χ0n) is 14.9. The fraction of sp³-hybridized carbons (Fsp3) is 0.450. The molecule has 27 heavy (non-hydrogen) atoms. The number of nitrogens with one attached hydrogen (secondary N) is 2. The maximum absolute atomic E-state index is 12.7. The fourth-order valence-corrected chi connectivity index (χ4v) is 4.93. The molecular formula is C20H21N3O4. The van der Waals surface area contributed by atoms with Crippen LogP contribution in [0.4, 0.5) is 5.69 Å². The largest absolute Gasteiger partial charge is 0.481 e. The smallest absolute Gasteiger partial charge is 0.309 e. The van der Waals surface area contributed by atoms with E-state index in [0.29, 0.717) is 38.9 Å². The van der Waals surface area contributed by atoms with Crippen LogP contribution < -0.4 is 5.32 Å². The first-order chi connectivity index (χ1) is 13.0. The van der Waals surface area contributed by atoms with Crippen molar-refractivity contribution in [1.82, 2.24) is 10.2 Å². The van der Waals surface area contributed by atoms with Gasteiger partial charge in [0.15, 0.2) is 0 Å². The number of hydrogen-bond donors (Lipinski definition) is 3. The molecule has 3 fully saturated rings. The third-order valence-corrected chi connectivity index (χ3v) is 6.48. The predicted molar refractivity (Wildman–Crippen MR) is 97.0 cm³/mol. The van der Waals surface area contributed by atoms with Crippen molar-refractivity contribution in [2.75, 3.05) is 11.9 Å². The van der Waals surface area contributed by atoms with Gasteiger partial charge in [0.05, 0.1) is 29.7 Å². The fourth-order valence-electron chi connectivity index (χ4n) is 4.93. The Balaban J connectivity index is 1.30. The van der Waals surface area contributed by atoms with Crippen molar-refractivity contribution < 1.29 is 19.4 Å². The number of amides is 1. The summed E-state index contributed by atoms with van der Waals surface area (Å²) in [4.78, 5) is 24.1. The minimum Gasteiger partial charge on any atom is -0.481 e. The number of carbonyl (C=O) groups excluding carboxylic acids is 1. The van der Waals surface area contributed by atoms with Crippen LogP contribution >= 0.6 is 0 Å². The van der Waals surface area contributed by atoms with Gasteiger partial charge < -0.3 is 15.2 Å². The zero-order chi connectivity index (χ0) is 18.6. The van der Waals surface area contributed by atoms with Crippen LogP contribution in [0.1, 0.15) is 36.9 Å². The highest BCUT2D eigenvalue weighted by Crippen LogP contribution is 2.67. The molecule has 0 radical (unpaired) electrons. The number of H-pyrrole nitrogens is 1. The molecular weight excluding hydrogens is 346 g/mol. The van der Waals surface area contributed by atoms with Gasteiger partial charge in [-0.2, -0.15) is 5.10 Å². The van der Waals surface area contributed by atoms with Crippen molar-refractivity contribution in [3.8, 4) is 11.3 Å². The van der Waals surface area contributed by atoms with Gasteiger partial charge in [-0.05, 0) is 37.8 Å². The third-order valence-electron chi connectivity index (χ3n) is 6.48. The SMILES string of the molecule is O=C(O)C12CCC(C(=O)Nc3ccc(-c4n[nH]c5c4COCC5)cc3)(C1)C2. The Morgan fingerprint density at radius 2 is 1.89 bits per heavy atom. The van der Waals surface area contributed by atoms with Gasteiger partial charge in [-0.3, -0.25) is 14.7 Å². The third kappa shape index (κ3) is 2.41. The maximum atomic E-state index is 12.7. The van der Waals surface area contributed by atoms with Crippen molar-refractivity contribution >= 4 is 17.6 Å². The Morgan fingerprint density at radius 3 is 2.59 bits per heavy atom. The lowest BCUT2D eigenvalue weighted by Gasteiger charge is -2.43. The Bertz CT molecular complexity index is 925. The molecule has 3 aliphatic carbocycles. The summed E-state index contributed by atoms with van der Waals surface area (Å²) in [7, 11) is 0. The van der Waals surface area contributed by atoms with E-state index in [2.05, 4.69) is 15.5 Å². The highest BCUT2D eigenvalue weighted by atomic mass is 16.5. The lowest BCUT2D eigenvalue weighted by atomic mass is 9.60. The van der Waals surface area contributed by atoms with Crippen LogP contribution in [0.5, 0.6) is 0 Å². The van der Waals surface area contributed by atoms with E-state index in [4.69, 9.17) is 4.74 Å². The summed E-state index contributed by atoms with van der Waals surface area (Å²) >= 11 is 0. The molecule has 0 atom stereocenters. The molecule has 2 bridgehead atoms. The first kappa shape index (κ1) is 16.5. The lowest BCUT2D eigenvalue weighted by Crippen LogP contribution is -2.49. The minimum absolute atomic E-state index is 0.0600. The quantitative estimate of drug-likeness (QED) is 0.771. The molecule has 1 aliphatic heterocycles. The Morgan fingerprint density at radius 1 is 1.15 bits per heavy atom. The Kier molecular flexibility index (Phi) is 3.46. The van der Waals surface area contributed by atoms with Gasteiger partial charge in [0.25, 0.3) is 0 Å². The van der Waals surface area contributed by atoms with Crippen LogP contribution in [-0.2, 0) is 27.4 Å². The molecule has 0 unspecified atom stereocenters. The van der Waals surface area contributed by atoms with E-state index in [1.165, 1.54) is 0 Å². The van der Waals surface area contributed by atoms with Crippen molar-refractivity contribution in [2.24, 2.45) is 10.8 Å². The summed E-state index contributed by atoms with van der Waals surface area (Å²) < 4.78 is 5.53. The molecule has 6 rings (SSSR count). The topological polar surface area (TPSA) is 104 Å². The second-order valence-electron chi connectivity index (χ2n) is 8.08. The first-order valence-corrected chi connectivity index (χ1v) is 9.31. The molecule has 140 valence electrons. The number of rotatable bonds is 4. The van der Waals surface area contributed by atoms with E-state index in [1.54, 1.807) is 0 Å². The molecule has 0 spiro atoms. The second-order valence-corrected chi connectivity index (χ2v) is 8.08. The van der Waals surface area contributed by atoms with Gasteiger partial charge in [-0.25, -0.2) is 0 Å². The molecule has 1 amide bonds. The van der Waals surface area contributed by atoms with E-state index in [-0.39, 0.29) is 5.91 Å². The Labute approximate surface area is 156 Å². The van der Waals surface area contributed by atoms with Crippen molar-refractivity contribution in [3.63, 3.8) is 0 Å². The number of fused-ring (bicyclic) bond motifs is 2. The summed E-state index contributed by atoms with van der Waals surface area (Å²) in [5.41, 5.74) is 3.64. The van der Waals surface area contributed by atoms with Gasteiger partial charge in [-0.1, -0.05) is 12.1 Å². The molecule has 4 aliphatic rings. The highest BCUT2D eigenvalue weighted by molar-refractivity contribution is 5.99. The van der Waals surface area contributed by atoms with Crippen molar-refractivity contribution in [3.05, 3.63) is 35.5 Å². The van der Waals surface area contributed by atoms with Crippen LogP contribution in [-0.4, -0.2) is 33.8 Å². The minimum atomic E-state index is -0.765. The van der Waals surface area contributed by atoms with E-state index in [1.807, 2.05) is 24.3 Å². The van der Waals surface area contributed by atoms with Crippen LogP contribution in [0, 0.1) is 10.8 Å². The summed E-state index contributed by atoms with van der Waals surface area (Å²) in [6.07, 6.45) is 3.01. The molecule has 7 nitrogen and oxygen atoms in total. The number of hydrogen-bond acceptors (Lipinski definition) is 4. The lowest BCUT2D eigenvalue weighted by molar-refractivity contribution is -0.159. The van der Waals surface area contributed by atoms with E-state index in [0.717, 1.165) is 34.6 Å². The average Bonchev–Trinajstić information content (AvgIpc) is 3.34. The van der Waals surface area contributed by atoms with Gasteiger partial charge in [0.2, 0.25) is 5.91 Å². The normalized spacial score (nSPS) is 28.3. The molecule has 3 saturated carbocycles. The van der Waals surface area contributed by atoms with Crippen LogP contribution in [0.2, 0.25) is 0 Å². The molecule has 0 saturated heterocycles. The number of carboxylic acids is 1. The van der Waals surface area contributed by atoms with Crippen molar-refractivity contribution in [1.29, 1.82) is 0 Å². The number of anilines is 1. The second kappa shape index (κ2) is 5.66. The summed E-state index contributed by atoms with van der Waals surface area (Å²) in [5, 5.41) is 19.8. The van der Waals surface area contributed by atoms with Crippen LogP contribution in [0.3, 0.4) is 0 Å². The average molecular weight is 367 g/mol.